The van der Waals surface area contributed by atoms with Crippen LogP contribution in [0.1, 0.15) is 29.5 Å². The molecule has 0 radical (unpaired) electrons. The molecular weight excluding hydrogens is 369 g/mol. The molecule has 0 saturated carbocycles. The number of carbonyl (C=O) groups excluding carboxylic acids is 2. The Balaban J connectivity index is 1.46. The number of aryl methyl sites for hydroxylation is 3. The van der Waals surface area contributed by atoms with Crippen LogP contribution in [0.25, 0.3) is 0 Å². The van der Waals surface area contributed by atoms with Gasteiger partial charge in [0.15, 0.2) is 0 Å². The Morgan fingerprint density at radius 2 is 1.62 bits per heavy atom. The van der Waals surface area contributed by atoms with E-state index in [4.69, 9.17) is 0 Å². The lowest BCUT2D eigenvalue weighted by molar-refractivity contribution is -0.121. The van der Waals surface area contributed by atoms with Crippen LogP contribution in [0.15, 0.2) is 36.4 Å². The summed E-state index contributed by atoms with van der Waals surface area (Å²) in [7, 11) is 0. The van der Waals surface area contributed by atoms with Crippen LogP contribution < -0.4 is 10.6 Å². The number of nitrogens with one attached hydrogen (secondary N) is 2. The second-order valence-electron chi connectivity index (χ2n) is 7.93. The molecule has 29 heavy (non-hydrogen) atoms. The fourth-order valence-electron chi connectivity index (χ4n) is 3.72. The molecule has 0 spiro atoms. The van der Waals surface area contributed by atoms with E-state index >= 15 is 0 Å². The molecule has 3 rings (SSSR count). The summed E-state index contributed by atoms with van der Waals surface area (Å²) in [6, 6.07) is 10.7. The van der Waals surface area contributed by atoms with Crippen molar-refractivity contribution in [2.45, 2.75) is 33.6 Å². The molecule has 1 heterocycles. The summed E-state index contributed by atoms with van der Waals surface area (Å²) in [6.45, 7) is 7.37. The molecule has 154 valence electrons. The van der Waals surface area contributed by atoms with Gasteiger partial charge in [0.05, 0.1) is 6.54 Å². The fourth-order valence-corrected chi connectivity index (χ4v) is 3.72. The number of hydrogen-bond donors (Lipinski definition) is 2. The number of nitrogens with zero attached hydrogens (tertiary/aromatic N) is 1. The van der Waals surface area contributed by atoms with Gasteiger partial charge in [-0.1, -0.05) is 12.1 Å². The molecule has 0 aromatic heterocycles. The highest BCUT2D eigenvalue weighted by Gasteiger charge is 2.26. The maximum atomic E-state index is 13.6. The van der Waals surface area contributed by atoms with Crippen molar-refractivity contribution >= 4 is 23.2 Å². The van der Waals surface area contributed by atoms with Gasteiger partial charge in [-0.25, -0.2) is 4.39 Å². The highest BCUT2D eigenvalue weighted by atomic mass is 19.1. The van der Waals surface area contributed by atoms with Gasteiger partial charge >= 0.3 is 0 Å². The van der Waals surface area contributed by atoms with Gasteiger partial charge in [0.2, 0.25) is 11.8 Å². The monoisotopic (exact) mass is 397 g/mol. The molecule has 0 aliphatic carbocycles. The fraction of sp³-hybridized carbons (Fsp3) is 0.391. The third-order valence-electron chi connectivity index (χ3n) is 5.27. The molecule has 2 N–H and O–H groups in total. The van der Waals surface area contributed by atoms with Crippen LogP contribution in [0, 0.1) is 32.5 Å². The van der Waals surface area contributed by atoms with Crippen LogP contribution in [-0.2, 0) is 9.59 Å². The lowest BCUT2D eigenvalue weighted by atomic mass is 9.95. The van der Waals surface area contributed by atoms with E-state index in [2.05, 4.69) is 21.6 Å². The molecule has 1 fully saturated rings. The SMILES string of the molecule is Cc1cc(C)cc(NC(=O)CN2CCC(C(=O)Nc3ccc(C)c(F)c3)CC2)c1. The smallest absolute Gasteiger partial charge is 0.238 e. The Morgan fingerprint density at radius 3 is 2.24 bits per heavy atom. The van der Waals surface area contributed by atoms with E-state index in [1.165, 1.54) is 6.07 Å². The van der Waals surface area contributed by atoms with Crippen molar-refractivity contribution in [1.82, 2.24) is 4.90 Å². The van der Waals surface area contributed by atoms with Crippen LogP contribution in [0.4, 0.5) is 15.8 Å². The molecule has 1 saturated heterocycles. The lowest BCUT2D eigenvalue weighted by Crippen LogP contribution is -2.41. The second-order valence-corrected chi connectivity index (χ2v) is 7.93. The van der Waals surface area contributed by atoms with E-state index in [0.717, 1.165) is 16.8 Å². The number of carbonyl (C=O) groups is 2. The number of halogens is 1. The largest absolute Gasteiger partial charge is 0.326 e. The number of amides is 2. The van der Waals surface area contributed by atoms with Gasteiger partial charge in [-0.2, -0.15) is 0 Å². The van der Waals surface area contributed by atoms with Gasteiger partial charge in [0.1, 0.15) is 5.82 Å². The Kier molecular flexibility index (Phi) is 6.64. The highest BCUT2D eigenvalue weighted by molar-refractivity contribution is 5.93. The molecular formula is C23H28FN3O2. The summed E-state index contributed by atoms with van der Waals surface area (Å²) >= 11 is 0. The van der Waals surface area contributed by atoms with Crippen LogP contribution in [0.5, 0.6) is 0 Å². The summed E-state index contributed by atoms with van der Waals surface area (Å²) in [6.07, 6.45) is 1.36. The van der Waals surface area contributed by atoms with Gasteiger partial charge in [-0.05, 0) is 87.7 Å². The minimum absolute atomic E-state index is 0.0481. The Morgan fingerprint density at radius 1 is 0.966 bits per heavy atom. The summed E-state index contributed by atoms with van der Waals surface area (Å²) in [5, 5.41) is 5.75. The Bertz CT molecular complexity index is 885. The predicted octanol–water partition coefficient (Wildman–Crippen LogP) is 4.04. The van der Waals surface area contributed by atoms with Crippen molar-refractivity contribution in [2.24, 2.45) is 5.92 Å². The first-order valence-corrected chi connectivity index (χ1v) is 9.97. The third kappa shape index (κ3) is 5.87. The van der Waals surface area contributed by atoms with Gasteiger partial charge in [-0.3, -0.25) is 14.5 Å². The minimum Gasteiger partial charge on any atom is -0.326 e. The van der Waals surface area contributed by atoms with Crippen molar-refractivity contribution in [1.29, 1.82) is 0 Å². The molecule has 5 nitrogen and oxygen atoms in total. The zero-order valence-corrected chi connectivity index (χ0v) is 17.2. The van der Waals surface area contributed by atoms with Crippen LogP contribution >= 0.6 is 0 Å². The predicted molar refractivity (Wildman–Crippen MR) is 113 cm³/mol. The van der Waals surface area contributed by atoms with E-state index in [1.807, 2.05) is 26.0 Å². The summed E-state index contributed by atoms with van der Waals surface area (Å²) in [5.74, 6) is -0.592. The molecule has 6 heteroatoms. The maximum Gasteiger partial charge on any atom is 0.238 e. The first-order chi connectivity index (χ1) is 13.8. The van der Waals surface area contributed by atoms with Crippen molar-refractivity contribution < 1.29 is 14.0 Å². The quantitative estimate of drug-likeness (QED) is 0.800. The molecule has 1 aliphatic heterocycles. The third-order valence-corrected chi connectivity index (χ3v) is 5.27. The van der Waals surface area contributed by atoms with E-state index in [-0.39, 0.29) is 23.5 Å². The van der Waals surface area contributed by atoms with Crippen LogP contribution in [0.3, 0.4) is 0 Å². The number of anilines is 2. The first-order valence-electron chi connectivity index (χ1n) is 9.97. The Hall–Kier alpha value is -2.73. The molecule has 1 aliphatic rings. The van der Waals surface area contributed by atoms with E-state index in [9.17, 15) is 14.0 Å². The number of hydrogen-bond acceptors (Lipinski definition) is 3. The van der Waals surface area contributed by atoms with E-state index in [0.29, 0.717) is 43.7 Å². The van der Waals surface area contributed by atoms with Crippen molar-refractivity contribution in [2.75, 3.05) is 30.3 Å². The summed E-state index contributed by atoms with van der Waals surface area (Å²) in [4.78, 5) is 26.9. The molecule has 2 aromatic rings. The number of likely N-dealkylation sites (tertiary alicyclic amines) is 1. The highest BCUT2D eigenvalue weighted by Crippen LogP contribution is 2.21. The van der Waals surface area contributed by atoms with Crippen molar-refractivity contribution in [3.05, 3.63) is 58.9 Å². The van der Waals surface area contributed by atoms with E-state index < -0.39 is 0 Å². The van der Waals surface area contributed by atoms with Gasteiger partial charge in [0, 0.05) is 17.3 Å². The first kappa shape index (κ1) is 21.0. The molecule has 0 atom stereocenters. The molecule has 0 bridgehead atoms. The van der Waals surface area contributed by atoms with Gasteiger partial charge in [0.25, 0.3) is 0 Å². The summed E-state index contributed by atoms with van der Waals surface area (Å²) in [5.41, 5.74) is 4.07. The number of benzene rings is 2. The standard InChI is InChI=1S/C23H28FN3O2/c1-15-10-16(2)12-20(11-15)25-22(28)14-27-8-6-18(7-9-27)23(29)26-19-5-4-17(3)21(24)13-19/h4-5,10-13,18H,6-9,14H2,1-3H3,(H,25,28)(H,26,29). The molecule has 2 aromatic carbocycles. The van der Waals surface area contributed by atoms with Crippen molar-refractivity contribution in [3.8, 4) is 0 Å². The minimum atomic E-state index is -0.326. The Labute approximate surface area is 171 Å². The average Bonchev–Trinajstić information content (AvgIpc) is 2.64. The van der Waals surface area contributed by atoms with Crippen molar-refractivity contribution in [3.63, 3.8) is 0 Å². The van der Waals surface area contributed by atoms with Gasteiger partial charge in [-0.15, -0.1) is 0 Å². The molecule has 0 unspecified atom stereocenters. The number of piperidine rings is 1. The zero-order valence-electron chi connectivity index (χ0n) is 17.2. The average molecular weight is 397 g/mol. The normalized spacial score (nSPS) is 15.2. The van der Waals surface area contributed by atoms with Crippen LogP contribution in [-0.4, -0.2) is 36.3 Å². The second kappa shape index (κ2) is 9.18. The van der Waals surface area contributed by atoms with E-state index in [1.54, 1.807) is 19.1 Å². The number of rotatable bonds is 5. The molecule has 2 amide bonds. The lowest BCUT2D eigenvalue weighted by Gasteiger charge is -2.30. The maximum absolute atomic E-state index is 13.6. The zero-order chi connectivity index (χ0) is 21.0. The van der Waals surface area contributed by atoms with Crippen LogP contribution in [0.2, 0.25) is 0 Å². The summed E-state index contributed by atoms with van der Waals surface area (Å²) < 4.78 is 13.6. The topological polar surface area (TPSA) is 61.4 Å². The van der Waals surface area contributed by atoms with Gasteiger partial charge < -0.3 is 10.6 Å².